The molecule has 1 amide bonds. The number of carbonyl (C=O) groups is 1. The van der Waals surface area contributed by atoms with Crippen LogP contribution in [-0.2, 0) is 11.3 Å². The third-order valence-electron chi connectivity index (χ3n) is 5.10. The summed E-state index contributed by atoms with van der Waals surface area (Å²) in [5, 5.41) is 3.64. The molecule has 1 aliphatic carbocycles. The Labute approximate surface area is 135 Å². The van der Waals surface area contributed by atoms with Crippen LogP contribution in [0.1, 0.15) is 33.1 Å². The van der Waals surface area contributed by atoms with E-state index in [4.69, 9.17) is 0 Å². The largest absolute Gasteiger partial charge is 0.352 e. The number of para-hydroxylation sites is 1. The minimum Gasteiger partial charge on any atom is -0.352 e. The zero-order valence-corrected chi connectivity index (χ0v) is 13.7. The maximum atomic E-state index is 12.4. The molecule has 3 rings (SSSR count). The van der Waals surface area contributed by atoms with Gasteiger partial charge < -0.3 is 5.32 Å². The Hall–Kier alpha value is -2.17. The number of rotatable bonds is 3. The molecule has 2 aromatic rings. The van der Waals surface area contributed by atoms with Gasteiger partial charge in [0.15, 0.2) is 0 Å². The van der Waals surface area contributed by atoms with E-state index < -0.39 is 0 Å². The lowest BCUT2D eigenvalue weighted by atomic mass is 9.78. The van der Waals surface area contributed by atoms with Gasteiger partial charge in [0.2, 0.25) is 5.91 Å². The van der Waals surface area contributed by atoms with Gasteiger partial charge in [0.25, 0.3) is 5.56 Å². The van der Waals surface area contributed by atoms with Crippen LogP contribution in [0.4, 0.5) is 0 Å². The van der Waals surface area contributed by atoms with Crippen LogP contribution < -0.4 is 10.9 Å². The summed E-state index contributed by atoms with van der Waals surface area (Å²) < 4.78 is 1.38. The lowest BCUT2D eigenvalue weighted by Crippen LogP contribution is -2.45. The summed E-state index contributed by atoms with van der Waals surface area (Å²) in [7, 11) is 0. The van der Waals surface area contributed by atoms with Gasteiger partial charge >= 0.3 is 0 Å². The van der Waals surface area contributed by atoms with Crippen molar-refractivity contribution in [3.8, 4) is 0 Å². The van der Waals surface area contributed by atoms with Gasteiger partial charge in [-0.05, 0) is 30.4 Å². The molecule has 1 saturated carbocycles. The van der Waals surface area contributed by atoms with Crippen LogP contribution in [0.3, 0.4) is 0 Å². The van der Waals surface area contributed by atoms with Crippen LogP contribution in [-0.4, -0.2) is 21.5 Å². The molecule has 1 heterocycles. The van der Waals surface area contributed by atoms with Crippen molar-refractivity contribution < 1.29 is 4.79 Å². The molecule has 0 bridgehead atoms. The molecule has 5 heteroatoms. The first kappa shape index (κ1) is 15.7. The fourth-order valence-corrected chi connectivity index (χ4v) is 3.41. The molecular formula is C18H23N3O2. The molecule has 0 radical (unpaired) electrons. The van der Waals surface area contributed by atoms with Crippen molar-refractivity contribution in [2.75, 3.05) is 0 Å². The number of hydrogen-bond donors (Lipinski definition) is 1. The second kappa shape index (κ2) is 6.52. The normalized spacial score (nSPS) is 24.5. The van der Waals surface area contributed by atoms with E-state index in [9.17, 15) is 9.59 Å². The van der Waals surface area contributed by atoms with Crippen molar-refractivity contribution in [3.05, 3.63) is 40.9 Å². The smallest absolute Gasteiger partial charge is 0.261 e. The number of fused-ring (bicyclic) bond motifs is 1. The first-order valence-electron chi connectivity index (χ1n) is 8.30. The number of nitrogens with one attached hydrogen (secondary N) is 1. The maximum Gasteiger partial charge on any atom is 0.261 e. The van der Waals surface area contributed by atoms with Crippen LogP contribution in [0.15, 0.2) is 35.4 Å². The van der Waals surface area contributed by atoms with E-state index in [0.717, 1.165) is 12.8 Å². The van der Waals surface area contributed by atoms with Crippen LogP contribution in [0.25, 0.3) is 10.9 Å². The Morgan fingerprint density at radius 3 is 2.91 bits per heavy atom. The lowest BCUT2D eigenvalue weighted by molar-refractivity contribution is -0.123. The molecule has 3 atom stereocenters. The highest BCUT2D eigenvalue weighted by Gasteiger charge is 2.28. The van der Waals surface area contributed by atoms with Crippen LogP contribution in [0, 0.1) is 11.8 Å². The predicted octanol–water partition coefficient (Wildman–Crippen LogP) is 2.34. The number of amides is 1. The van der Waals surface area contributed by atoms with Gasteiger partial charge in [0.1, 0.15) is 6.54 Å². The summed E-state index contributed by atoms with van der Waals surface area (Å²) >= 11 is 0. The third kappa shape index (κ3) is 3.28. The average Bonchev–Trinajstić information content (AvgIpc) is 2.55. The number of aromatic nitrogens is 2. The van der Waals surface area contributed by atoms with Gasteiger partial charge in [-0.25, -0.2) is 4.98 Å². The molecule has 0 spiro atoms. The number of carbonyl (C=O) groups excluding carboxylic acids is 1. The second-order valence-electron chi connectivity index (χ2n) is 6.64. The van der Waals surface area contributed by atoms with Gasteiger partial charge in [0.05, 0.1) is 17.2 Å². The molecule has 1 aliphatic rings. The van der Waals surface area contributed by atoms with Gasteiger partial charge in [-0.2, -0.15) is 0 Å². The molecule has 0 saturated heterocycles. The van der Waals surface area contributed by atoms with Gasteiger partial charge in [-0.15, -0.1) is 0 Å². The SMILES string of the molecule is C[C@@H]1[C@H](C)CCC[C@H]1NC(=O)Cn1cnc2ccccc2c1=O. The zero-order valence-electron chi connectivity index (χ0n) is 13.7. The summed E-state index contributed by atoms with van der Waals surface area (Å²) in [5.41, 5.74) is 0.486. The van der Waals surface area contributed by atoms with Crippen molar-refractivity contribution in [1.82, 2.24) is 14.9 Å². The van der Waals surface area contributed by atoms with Crippen LogP contribution in [0.5, 0.6) is 0 Å². The van der Waals surface area contributed by atoms with E-state index in [2.05, 4.69) is 24.1 Å². The van der Waals surface area contributed by atoms with Crippen molar-refractivity contribution in [1.29, 1.82) is 0 Å². The van der Waals surface area contributed by atoms with Gasteiger partial charge in [-0.3, -0.25) is 14.2 Å². The van der Waals surface area contributed by atoms with E-state index in [0.29, 0.717) is 22.7 Å². The first-order chi connectivity index (χ1) is 11.1. The molecule has 1 aromatic carbocycles. The van der Waals surface area contributed by atoms with Crippen molar-refractivity contribution >= 4 is 16.8 Å². The first-order valence-corrected chi connectivity index (χ1v) is 8.30. The highest BCUT2D eigenvalue weighted by atomic mass is 16.2. The van der Waals surface area contributed by atoms with Crippen molar-refractivity contribution in [3.63, 3.8) is 0 Å². The van der Waals surface area contributed by atoms with Crippen molar-refractivity contribution in [2.45, 2.75) is 45.7 Å². The average molecular weight is 313 g/mol. The fourth-order valence-electron chi connectivity index (χ4n) is 3.41. The van der Waals surface area contributed by atoms with E-state index >= 15 is 0 Å². The van der Waals surface area contributed by atoms with E-state index in [1.54, 1.807) is 18.2 Å². The Kier molecular flexibility index (Phi) is 4.46. The Morgan fingerprint density at radius 1 is 1.30 bits per heavy atom. The minimum atomic E-state index is -0.171. The summed E-state index contributed by atoms with van der Waals surface area (Å²) in [5.74, 6) is 0.980. The minimum absolute atomic E-state index is 0.0221. The van der Waals surface area contributed by atoms with E-state index in [1.165, 1.54) is 17.3 Å². The van der Waals surface area contributed by atoms with E-state index in [1.807, 2.05) is 6.07 Å². The second-order valence-corrected chi connectivity index (χ2v) is 6.64. The fraction of sp³-hybridized carbons (Fsp3) is 0.500. The lowest BCUT2D eigenvalue weighted by Gasteiger charge is -2.34. The molecule has 1 aromatic heterocycles. The molecule has 5 nitrogen and oxygen atoms in total. The third-order valence-corrected chi connectivity index (χ3v) is 5.10. The summed E-state index contributed by atoms with van der Waals surface area (Å²) in [6.45, 7) is 4.45. The van der Waals surface area contributed by atoms with Gasteiger partial charge in [0, 0.05) is 6.04 Å². The molecule has 23 heavy (non-hydrogen) atoms. The number of benzene rings is 1. The summed E-state index contributed by atoms with van der Waals surface area (Å²) in [6.07, 6.45) is 4.84. The Bertz CT molecular complexity index is 768. The predicted molar refractivity (Wildman–Crippen MR) is 90.1 cm³/mol. The Balaban J connectivity index is 1.73. The molecular weight excluding hydrogens is 290 g/mol. The monoisotopic (exact) mass is 313 g/mol. The summed E-state index contributed by atoms with van der Waals surface area (Å²) in [4.78, 5) is 29.0. The van der Waals surface area contributed by atoms with Crippen molar-refractivity contribution in [2.24, 2.45) is 11.8 Å². The van der Waals surface area contributed by atoms with Crippen LogP contribution in [0.2, 0.25) is 0 Å². The molecule has 1 fully saturated rings. The maximum absolute atomic E-state index is 12.4. The molecule has 1 N–H and O–H groups in total. The quantitative estimate of drug-likeness (QED) is 0.946. The summed E-state index contributed by atoms with van der Waals surface area (Å²) in [6, 6.07) is 7.39. The highest BCUT2D eigenvalue weighted by Crippen LogP contribution is 2.29. The number of nitrogens with zero attached hydrogens (tertiary/aromatic N) is 2. The number of hydrogen-bond acceptors (Lipinski definition) is 3. The molecule has 122 valence electrons. The zero-order chi connectivity index (χ0) is 16.4. The Morgan fingerprint density at radius 2 is 2.09 bits per heavy atom. The topological polar surface area (TPSA) is 64.0 Å². The standard InChI is InChI=1S/C18H23N3O2/c1-12-6-5-9-15(13(12)2)20-17(22)10-21-11-19-16-8-4-3-7-14(16)18(21)23/h3-4,7-8,11-13,15H,5-6,9-10H2,1-2H3,(H,20,22)/t12-,13-,15-/m1/s1. The molecule has 0 aliphatic heterocycles. The van der Waals surface area contributed by atoms with Gasteiger partial charge in [-0.1, -0.05) is 38.8 Å². The molecule has 0 unspecified atom stereocenters. The highest BCUT2D eigenvalue weighted by molar-refractivity contribution is 5.79. The van der Waals surface area contributed by atoms with Crippen LogP contribution >= 0.6 is 0 Å². The van der Waals surface area contributed by atoms with E-state index in [-0.39, 0.29) is 24.1 Å².